The van der Waals surface area contributed by atoms with Crippen LogP contribution in [0.15, 0.2) is 0 Å². The van der Waals surface area contributed by atoms with Crippen LogP contribution in [0.4, 0.5) is 0 Å². The molecule has 3 nitrogen and oxygen atoms in total. The Morgan fingerprint density at radius 2 is 1.86 bits per heavy atom. The molecule has 3 rings (SSSR count). The second kappa shape index (κ2) is 3.09. The molecule has 14 heavy (non-hydrogen) atoms. The molecule has 0 aromatic carbocycles. The first-order chi connectivity index (χ1) is 6.33. The van der Waals surface area contributed by atoms with Crippen molar-refractivity contribution in [3.8, 4) is 0 Å². The van der Waals surface area contributed by atoms with Crippen LogP contribution in [-0.4, -0.2) is 26.4 Å². The molecule has 82 valence electrons. The van der Waals surface area contributed by atoms with Gasteiger partial charge in [-0.2, -0.15) is 0 Å². The molecule has 1 saturated carbocycles. The fraction of sp³-hybridized carbons (Fsp3) is 1.00. The van der Waals surface area contributed by atoms with Gasteiger partial charge in [-0.25, -0.2) is 8.42 Å². The molecule has 3 fully saturated rings. The lowest BCUT2D eigenvalue weighted by Crippen LogP contribution is -2.51. The summed E-state index contributed by atoms with van der Waals surface area (Å²) >= 11 is 0. The first kappa shape index (κ1) is 10.7. The average molecular weight is 239 g/mol. The first-order valence-electron chi connectivity index (χ1n) is 4.89. The third kappa shape index (κ3) is 2.07. The highest BCUT2D eigenvalue weighted by Gasteiger charge is 2.48. The highest BCUT2D eigenvalue weighted by molar-refractivity contribution is 8.13. The quantitative estimate of drug-likeness (QED) is 0.691. The summed E-state index contributed by atoms with van der Waals surface area (Å²) in [6, 6.07) is 0. The molecule has 2 aliphatic heterocycles. The predicted molar refractivity (Wildman–Crippen MR) is 54.9 cm³/mol. The number of rotatable bonds is 2. The summed E-state index contributed by atoms with van der Waals surface area (Å²) in [6.07, 6.45) is 3.77. The lowest BCUT2D eigenvalue weighted by molar-refractivity contribution is -0.166. The van der Waals surface area contributed by atoms with Crippen molar-refractivity contribution in [1.29, 1.82) is 0 Å². The van der Waals surface area contributed by atoms with Crippen molar-refractivity contribution in [1.82, 2.24) is 0 Å². The second-order valence-electron chi connectivity index (χ2n) is 4.92. The van der Waals surface area contributed by atoms with Gasteiger partial charge in [-0.15, -0.1) is 0 Å². The zero-order valence-electron chi connectivity index (χ0n) is 8.25. The van der Waals surface area contributed by atoms with Gasteiger partial charge < -0.3 is 4.74 Å². The maximum Gasteiger partial charge on any atom is 0.233 e. The van der Waals surface area contributed by atoms with Crippen LogP contribution in [0.2, 0.25) is 0 Å². The van der Waals surface area contributed by atoms with Crippen LogP contribution in [0.5, 0.6) is 0 Å². The zero-order valence-corrected chi connectivity index (χ0v) is 9.83. The topological polar surface area (TPSA) is 43.4 Å². The summed E-state index contributed by atoms with van der Waals surface area (Å²) < 4.78 is 27.8. The third-order valence-corrected chi connectivity index (χ3v) is 4.86. The number of halogens is 1. The van der Waals surface area contributed by atoms with Crippen LogP contribution in [0.1, 0.15) is 32.6 Å². The van der Waals surface area contributed by atoms with Crippen LogP contribution in [-0.2, 0) is 13.8 Å². The van der Waals surface area contributed by atoms with E-state index in [9.17, 15) is 8.42 Å². The number of hydrogen-bond acceptors (Lipinski definition) is 3. The number of ether oxygens (including phenoxy) is 1. The van der Waals surface area contributed by atoms with Gasteiger partial charge in [0.2, 0.25) is 9.05 Å². The van der Waals surface area contributed by atoms with Gasteiger partial charge in [-0.3, -0.25) is 0 Å². The largest absolute Gasteiger partial charge is 0.375 e. The molecule has 0 radical (unpaired) electrons. The lowest BCUT2D eigenvalue weighted by Gasteiger charge is -2.51. The summed E-state index contributed by atoms with van der Waals surface area (Å²) in [4.78, 5) is 0. The number of fused-ring (bicyclic) bond motifs is 3. The Morgan fingerprint density at radius 3 is 2.21 bits per heavy atom. The molecule has 1 aliphatic carbocycles. The minimum atomic E-state index is -3.40. The molecule has 2 saturated heterocycles. The summed E-state index contributed by atoms with van der Waals surface area (Å²) in [5.41, 5.74) is -0.198. The minimum absolute atomic E-state index is 0.00216. The van der Waals surface area contributed by atoms with Gasteiger partial charge in [0.05, 0.1) is 18.0 Å². The highest BCUT2D eigenvalue weighted by Crippen LogP contribution is 2.49. The van der Waals surface area contributed by atoms with Gasteiger partial charge in [-0.05, 0) is 32.6 Å². The fourth-order valence-electron chi connectivity index (χ4n) is 2.48. The van der Waals surface area contributed by atoms with Crippen LogP contribution >= 0.6 is 10.7 Å². The zero-order chi connectivity index (χ0) is 10.4. The Hall–Kier alpha value is 0.200. The van der Waals surface area contributed by atoms with Crippen LogP contribution in [0, 0.1) is 5.41 Å². The van der Waals surface area contributed by atoms with E-state index < -0.39 is 9.05 Å². The van der Waals surface area contributed by atoms with E-state index in [1.54, 1.807) is 0 Å². The van der Waals surface area contributed by atoms with Crippen LogP contribution in [0.3, 0.4) is 0 Å². The molecule has 3 aliphatic rings. The molecule has 5 heteroatoms. The SMILES string of the molecule is CC12CCC(CS(=O)(=O)Cl)(CC1)CO2. The van der Waals surface area contributed by atoms with Crippen molar-refractivity contribution >= 4 is 19.7 Å². The van der Waals surface area contributed by atoms with Crippen molar-refractivity contribution in [2.75, 3.05) is 12.4 Å². The van der Waals surface area contributed by atoms with Crippen LogP contribution < -0.4 is 0 Å². The van der Waals surface area contributed by atoms with E-state index in [-0.39, 0.29) is 16.8 Å². The van der Waals surface area contributed by atoms with E-state index >= 15 is 0 Å². The summed E-state index contributed by atoms with van der Waals surface area (Å²) in [6.45, 7) is 2.65. The molecule has 0 N–H and O–H groups in total. The molecule has 0 aromatic heterocycles. The molecule has 0 atom stereocenters. The standard InChI is InChI=1S/C9H15ClO3S/c1-8-2-4-9(5-3-8,6-13-8)7-14(10,11)12/h2-7H2,1H3. The maximum atomic E-state index is 11.1. The molecular weight excluding hydrogens is 224 g/mol. The van der Waals surface area contributed by atoms with E-state index in [0.717, 1.165) is 25.7 Å². The first-order valence-corrected chi connectivity index (χ1v) is 7.37. The van der Waals surface area contributed by atoms with E-state index in [4.69, 9.17) is 15.4 Å². The summed E-state index contributed by atoms with van der Waals surface area (Å²) in [7, 11) is 1.91. The van der Waals surface area contributed by atoms with Gasteiger partial charge in [0.25, 0.3) is 0 Å². The molecule has 0 amide bonds. The molecule has 0 spiro atoms. The minimum Gasteiger partial charge on any atom is -0.375 e. The number of hydrogen-bond donors (Lipinski definition) is 0. The average Bonchev–Trinajstić information content (AvgIpc) is 2.05. The van der Waals surface area contributed by atoms with E-state index in [1.165, 1.54) is 0 Å². The Labute approximate surface area is 89.2 Å². The third-order valence-electron chi connectivity index (χ3n) is 3.57. The Bertz CT molecular complexity index is 311. The van der Waals surface area contributed by atoms with Gasteiger partial charge in [0, 0.05) is 16.1 Å². The van der Waals surface area contributed by atoms with Crippen molar-refractivity contribution < 1.29 is 13.2 Å². The molecular formula is C9H15ClO3S. The molecule has 0 unspecified atom stereocenters. The second-order valence-corrected chi connectivity index (χ2v) is 7.70. The fourth-order valence-corrected chi connectivity index (χ4v) is 4.27. The van der Waals surface area contributed by atoms with Crippen molar-refractivity contribution in [2.45, 2.75) is 38.2 Å². The van der Waals surface area contributed by atoms with Gasteiger partial charge in [0.1, 0.15) is 0 Å². The maximum absolute atomic E-state index is 11.1. The highest BCUT2D eigenvalue weighted by atomic mass is 35.7. The van der Waals surface area contributed by atoms with E-state index in [2.05, 4.69) is 6.92 Å². The van der Waals surface area contributed by atoms with Gasteiger partial charge >= 0.3 is 0 Å². The Morgan fingerprint density at radius 1 is 1.29 bits per heavy atom. The lowest BCUT2D eigenvalue weighted by atomic mass is 9.68. The van der Waals surface area contributed by atoms with E-state index in [1.807, 2.05) is 0 Å². The predicted octanol–water partition coefficient (Wildman–Crippen LogP) is 1.90. The van der Waals surface area contributed by atoms with Crippen molar-refractivity contribution in [3.05, 3.63) is 0 Å². The van der Waals surface area contributed by atoms with Crippen molar-refractivity contribution in [2.24, 2.45) is 5.41 Å². The van der Waals surface area contributed by atoms with Gasteiger partial charge in [-0.1, -0.05) is 0 Å². The Balaban J connectivity index is 2.13. The normalized spacial score (nSPS) is 42.7. The van der Waals surface area contributed by atoms with Crippen LogP contribution in [0.25, 0.3) is 0 Å². The summed E-state index contributed by atoms with van der Waals surface area (Å²) in [5, 5.41) is 0. The monoisotopic (exact) mass is 238 g/mol. The molecule has 2 heterocycles. The Kier molecular flexibility index (Phi) is 2.37. The van der Waals surface area contributed by atoms with Crippen molar-refractivity contribution in [3.63, 3.8) is 0 Å². The smallest absolute Gasteiger partial charge is 0.233 e. The van der Waals surface area contributed by atoms with E-state index in [0.29, 0.717) is 6.61 Å². The summed E-state index contributed by atoms with van der Waals surface area (Å²) in [5.74, 6) is 0.0671. The molecule has 2 bridgehead atoms. The molecule has 0 aromatic rings. The van der Waals surface area contributed by atoms with Gasteiger partial charge in [0.15, 0.2) is 0 Å².